The second-order valence-electron chi connectivity index (χ2n) is 6.72. The summed E-state index contributed by atoms with van der Waals surface area (Å²) in [6.45, 7) is 5.96. The predicted molar refractivity (Wildman–Crippen MR) is 106 cm³/mol. The van der Waals surface area contributed by atoms with E-state index in [0.29, 0.717) is 10.9 Å². The smallest absolute Gasteiger partial charge is 0.211 e. The van der Waals surface area contributed by atoms with Gasteiger partial charge in [-0.3, -0.25) is 9.36 Å². The molecule has 0 aliphatic carbocycles. The zero-order valence-electron chi connectivity index (χ0n) is 16.1. The number of nitrogens with zero attached hydrogens (tertiary/aromatic N) is 6. The minimum Gasteiger partial charge on any atom is -0.313 e. The first-order valence-electron chi connectivity index (χ1n) is 9.00. The van der Waals surface area contributed by atoms with Crippen LogP contribution >= 0.6 is 11.3 Å². The molecule has 1 N–H and O–H groups in total. The summed E-state index contributed by atoms with van der Waals surface area (Å²) >= 11 is 1.40. The summed E-state index contributed by atoms with van der Waals surface area (Å²) in [5, 5.41) is 21.7. The molecule has 0 fully saturated rings. The fraction of sp³-hybridized carbons (Fsp3) is 0.263. The lowest BCUT2D eigenvalue weighted by atomic mass is 10.2. The quantitative estimate of drug-likeness (QED) is 0.510. The maximum absolute atomic E-state index is 13.8. The van der Waals surface area contributed by atoms with E-state index in [1.165, 1.54) is 34.2 Å². The molecule has 3 heterocycles. The minimum absolute atomic E-state index is 0.00346. The van der Waals surface area contributed by atoms with Crippen molar-refractivity contribution in [3.8, 4) is 0 Å². The van der Waals surface area contributed by atoms with Gasteiger partial charge in [0.05, 0.1) is 12.2 Å². The molecule has 1 unspecified atom stereocenters. The fourth-order valence-corrected chi connectivity index (χ4v) is 3.86. The van der Waals surface area contributed by atoms with E-state index in [1.807, 2.05) is 31.5 Å². The first-order valence-corrected chi connectivity index (χ1v) is 9.82. The van der Waals surface area contributed by atoms with Crippen LogP contribution in [-0.4, -0.2) is 29.8 Å². The Morgan fingerprint density at radius 3 is 2.55 bits per heavy atom. The summed E-state index contributed by atoms with van der Waals surface area (Å²) in [7, 11) is 0. The van der Waals surface area contributed by atoms with Gasteiger partial charge in [-0.05, 0) is 39.0 Å². The van der Waals surface area contributed by atoms with Gasteiger partial charge < -0.3 is 5.32 Å². The number of hydrogen-bond acceptors (Lipinski definition) is 6. The molecule has 150 valence electrons. The number of aromatic nitrogens is 6. The van der Waals surface area contributed by atoms with Gasteiger partial charge in [0.15, 0.2) is 5.82 Å². The largest absolute Gasteiger partial charge is 0.313 e. The lowest BCUT2D eigenvalue weighted by Crippen LogP contribution is -2.10. The molecule has 29 heavy (non-hydrogen) atoms. The van der Waals surface area contributed by atoms with E-state index in [9.17, 15) is 8.78 Å². The number of anilines is 2. The molecule has 0 amide bonds. The Balaban J connectivity index is 1.46. The van der Waals surface area contributed by atoms with E-state index in [0.717, 1.165) is 16.4 Å². The van der Waals surface area contributed by atoms with E-state index in [-0.39, 0.29) is 18.2 Å². The number of halogens is 2. The van der Waals surface area contributed by atoms with Crippen LogP contribution in [-0.2, 0) is 6.54 Å². The first kappa shape index (κ1) is 19.2. The summed E-state index contributed by atoms with van der Waals surface area (Å²) in [6.07, 6.45) is 1.65. The predicted octanol–water partition coefficient (Wildman–Crippen LogP) is 4.23. The van der Waals surface area contributed by atoms with Crippen molar-refractivity contribution in [2.45, 2.75) is 33.4 Å². The molecule has 0 saturated heterocycles. The van der Waals surface area contributed by atoms with Gasteiger partial charge >= 0.3 is 0 Å². The van der Waals surface area contributed by atoms with Crippen LogP contribution in [0.2, 0.25) is 0 Å². The molecule has 0 spiro atoms. The van der Waals surface area contributed by atoms with Crippen LogP contribution in [0.4, 0.5) is 19.7 Å². The van der Waals surface area contributed by atoms with Crippen LogP contribution in [0, 0.1) is 25.5 Å². The molecule has 1 atom stereocenters. The Bertz CT molecular complexity index is 1130. The van der Waals surface area contributed by atoms with E-state index in [2.05, 4.69) is 25.7 Å². The van der Waals surface area contributed by atoms with Crippen LogP contribution in [0.5, 0.6) is 0 Å². The molecule has 0 aliphatic rings. The monoisotopic (exact) mass is 415 g/mol. The molecule has 7 nitrogen and oxygen atoms in total. The Morgan fingerprint density at radius 1 is 1.10 bits per heavy atom. The molecule has 3 aromatic heterocycles. The van der Waals surface area contributed by atoms with Gasteiger partial charge in [-0.1, -0.05) is 17.4 Å². The third kappa shape index (κ3) is 4.02. The van der Waals surface area contributed by atoms with Gasteiger partial charge in [0.25, 0.3) is 0 Å². The lowest BCUT2D eigenvalue weighted by Gasteiger charge is -2.10. The summed E-state index contributed by atoms with van der Waals surface area (Å²) in [4.78, 5) is 0. The zero-order valence-corrected chi connectivity index (χ0v) is 16.9. The normalized spacial score (nSPS) is 12.3. The third-order valence-electron chi connectivity index (χ3n) is 4.47. The zero-order chi connectivity index (χ0) is 20.5. The van der Waals surface area contributed by atoms with Crippen LogP contribution in [0.25, 0.3) is 0 Å². The molecule has 1 aromatic carbocycles. The van der Waals surface area contributed by atoms with E-state index in [1.54, 1.807) is 12.3 Å². The van der Waals surface area contributed by atoms with Crippen LogP contribution in [0.3, 0.4) is 0 Å². The summed E-state index contributed by atoms with van der Waals surface area (Å²) in [6, 6.07) is 7.48. The number of benzene rings is 1. The van der Waals surface area contributed by atoms with Crippen LogP contribution < -0.4 is 5.32 Å². The highest BCUT2D eigenvalue weighted by atomic mass is 32.1. The highest BCUT2D eigenvalue weighted by molar-refractivity contribution is 7.15. The van der Waals surface area contributed by atoms with Crippen molar-refractivity contribution >= 4 is 22.3 Å². The molecular weight excluding hydrogens is 396 g/mol. The fourth-order valence-electron chi connectivity index (χ4n) is 3.07. The highest BCUT2D eigenvalue weighted by Gasteiger charge is 2.17. The summed E-state index contributed by atoms with van der Waals surface area (Å²) < 4.78 is 31.0. The van der Waals surface area contributed by atoms with Crippen molar-refractivity contribution in [2.24, 2.45) is 0 Å². The van der Waals surface area contributed by atoms with Gasteiger partial charge in [-0.2, -0.15) is 10.2 Å². The highest BCUT2D eigenvalue weighted by Crippen LogP contribution is 2.27. The number of nitrogens with one attached hydrogen (secondary N) is 1. The average molecular weight is 415 g/mol. The first-order chi connectivity index (χ1) is 13.9. The van der Waals surface area contributed by atoms with Crippen molar-refractivity contribution in [3.63, 3.8) is 0 Å². The van der Waals surface area contributed by atoms with Crippen LogP contribution in [0.15, 0.2) is 36.5 Å². The Morgan fingerprint density at radius 2 is 1.86 bits per heavy atom. The topological polar surface area (TPSA) is 73.5 Å². The van der Waals surface area contributed by atoms with Gasteiger partial charge in [0.1, 0.15) is 22.7 Å². The van der Waals surface area contributed by atoms with Gasteiger partial charge in [0, 0.05) is 23.5 Å². The molecule has 4 rings (SSSR count). The molecule has 0 saturated carbocycles. The molecule has 10 heteroatoms. The van der Waals surface area contributed by atoms with Crippen molar-refractivity contribution < 1.29 is 8.78 Å². The van der Waals surface area contributed by atoms with Gasteiger partial charge in [-0.15, -0.1) is 10.2 Å². The number of aryl methyl sites for hydroxylation is 2. The maximum atomic E-state index is 13.8. The Labute approximate surface area is 170 Å². The average Bonchev–Trinajstić information content (AvgIpc) is 3.39. The van der Waals surface area contributed by atoms with Crippen molar-refractivity contribution in [2.75, 3.05) is 5.32 Å². The molecule has 0 radical (unpaired) electrons. The number of hydrogen-bond donors (Lipinski definition) is 1. The second-order valence-corrected chi connectivity index (χ2v) is 7.73. The SMILES string of the molecule is Cc1cc(C)n(C(C)c2nnc(Nc3ccn(Cc4c(F)cccc4F)n3)s2)n1. The molecule has 0 bridgehead atoms. The van der Waals surface area contributed by atoms with Crippen molar-refractivity contribution in [1.29, 1.82) is 0 Å². The standard InChI is InChI=1S/C19H19F2N7S/c1-11-9-12(2)28(25-11)13(3)18-23-24-19(29-18)22-17-7-8-27(26-17)10-14-15(20)5-4-6-16(14)21/h4-9,13H,10H2,1-3H3,(H,22,24,26). The maximum Gasteiger partial charge on any atom is 0.211 e. The molecular formula is C19H19F2N7S. The Hall–Kier alpha value is -3.14. The Kier molecular flexibility index (Phi) is 5.10. The second kappa shape index (κ2) is 7.70. The third-order valence-corrected chi connectivity index (χ3v) is 5.48. The number of rotatable bonds is 6. The van der Waals surface area contributed by atoms with Crippen molar-refractivity contribution in [3.05, 3.63) is 70.1 Å². The lowest BCUT2D eigenvalue weighted by molar-refractivity contribution is 0.533. The van der Waals surface area contributed by atoms with Gasteiger partial charge in [0.2, 0.25) is 5.13 Å². The van der Waals surface area contributed by atoms with E-state index >= 15 is 0 Å². The summed E-state index contributed by atoms with van der Waals surface area (Å²) in [5.74, 6) is -0.674. The van der Waals surface area contributed by atoms with Crippen molar-refractivity contribution in [1.82, 2.24) is 29.8 Å². The minimum atomic E-state index is -0.595. The van der Waals surface area contributed by atoms with E-state index < -0.39 is 11.6 Å². The van der Waals surface area contributed by atoms with E-state index in [4.69, 9.17) is 0 Å². The summed E-state index contributed by atoms with van der Waals surface area (Å²) in [5.41, 5.74) is 1.98. The molecule has 0 aliphatic heterocycles. The molecule has 4 aromatic rings. The van der Waals surface area contributed by atoms with Gasteiger partial charge in [-0.25, -0.2) is 8.78 Å². The van der Waals surface area contributed by atoms with Crippen LogP contribution in [0.1, 0.15) is 34.9 Å².